The Hall–Kier alpha value is -1.44. The molecular formula is C16H26N4O3S. The normalized spacial score (nSPS) is 22.9. The van der Waals surface area contributed by atoms with Crippen LogP contribution in [-0.4, -0.2) is 58.1 Å². The zero-order chi connectivity index (χ0) is 17.2. The number of rotatable bonds is 5. The number of carbonyl (C=O) groups is 1. The summed E-state index contributed by atoms with van der Waals surface area (Å²) in [6, 6.07) is 0. The summed E-state index contributed by atoms with van der Waals surface area (Å²) >= 11 is 0. The molecule has 1 saturated carbocycles. The molecule has 1 aromatic heterocycles. The molecule has 0 spiro atoms. The van der Waals surface area contributed by atoms with Gasteiger partial charge in [0.25, 0.3) is 0 Å². The minimum Gasteiger partial charge on any atom is -0.342 e. The van der Waals surface area contributed by atoms with Crippen LogP contribution in [-0.2, 0) is 21.7 Å². The molecule has 0 bridgehead atoms. The van der Waals surface area contributed by atoms with Gasteiger partial charge < -0.3 is 9.47 Å². The molecule has 134 valence electrons. The lowest BCUT2D eigenvalue weighted by atomic mass is 9.97. The van der Waals surface area contributed by atoms with Gasteiger partial charge in [-0.05, 0) is 25.7 Å². The molecular weight excluding hydrogens is 328 g/mol. The first kappa shape index (κ1) is 17.4. The van der Waals surface area contributed by atoms with Crippen LogP contribution in [0.25, 0.3) is 0 Å². The van der Waals surface area contributed by atoms with Crippen LogP contribution in [0.4, 0.5) is 0 Å². The zero-order valence-electron chi connectivity index (χ0n) is 14.2. The predicted octanol–water partition coefficient (Wildman–Crippen LogP) is 1.27. The second-order valence-corrected chi connectivity index (χ2v) is 9.40. The number of hydrogen-bond acceptors (Lipinski definition) is 5. The zero-order valence-corrected chi connectivity index (χ0v) is 15.0. The van der Waals surface area contributed by atoms with E-state index in [9.17, 15) is 13.2 Å². The van der Waals surface area contributed by atoms with E-state index in [0.717, 1.165) is 44.3 Å². The Morgan fingerprint density at radius 2 is 2.00 bits per heavy atom. The van der Waals surface area contributed by atoms with Gasteiger partial charge in [0.2, 0.25) is 5.91 Å². The van der Waals surface area contributed by atoms with Crippen molar-refractivity contribution in [2.24, 2.45) is 7.05 Å². The van der Waals surface area contributed by atoms with Crippen molar-refractivity contribution in [2.75, 3.05) is 18.8 Å². The van der Waals surface area contributed by atoms with Gasteiger partial charge in [0.15, 0.2) is 9.84 Å². The Balaban J connectivity index is 1.56. The van der Waals surface area contributed by atoms with Crippen molar-refractivity contribution < 1.29 is 13.2 Å². The Bertz CT molecular complexity index is 679. The number of aryl methyl sites for hydroxylation is 1. The highest BCUT2D eigenvalue weighted by Gasteiger charge is 2.31. The first-order valence-corrected chi connectivity index (χ1v) is 10.5. The number of nitrogens with zero attached hydrogens (tertiary/aromatic N) is 4. The van der Waals surface area contributed by atoms with Gasteiger partial charge in [0, 0.05) is 32.5 Å². The summed E-state index contributed by atoms with van der Waals surface area (Å²) in [7, 11) is -1.22. The van der Waals surface area contributed by atoms with Crippen LogP contribution in [0.15, 0.2) is 6.33 Å². The van der Waals surface area contributed by atoms with E-state index in [4.69, 9.17) is 0 Å². The van der Waals surface area contributed by atoms with Gasteiger partial charge >= 0.3 is 0 Å². The molecule has 0 N–H and O–H groups in total. The van der Waals surface area contributed by atoms with Crippen molar-refractivity contribution in [3.63, 3.8) is 0 Å². The molecule has 1 unspecified atom stereocenters. The van der Waals surface area contributed by atoms with E-state index < -0.39 is 9.84 Å². The van der Waals surface area contributed by atoms with Crippen molar-refractivity contribution in [1.82, 2.24) is 19.7 Å². The number of aromatic nitrogens is 3. The quantitative estimate of drug-likeness (QED) is 0.795. The largest absolute Gasteiger partial charge is 0.342 e. The summed E-state index contributed by atoms with van der Waals surface area (Å²) in [6.07, 6.45) is 7.17. The van der Waals surface area contributed by atoms with E-state index in [1.165, 1.54) is 0 Å². The van der Waals surface area contributed by atoms with E-state index >= 15 is 0 Å². The molecule has 1 aromatic rings. The van der Waals surface area contributed by atoms with E-state index in [2.05, 4.69) is 10.2 Å². The predicted molar refractivity (Wildman–Crippen MR) is 90.2 cm³/mol. The lowest BCUT2D eigenvalue weighted by Gasteiger charge is -2.32. The molecule has 1 atom stereocenters. The fraction of sp³-hybridized carbons (Fsp3) is 0.812. The molecule has 3 rings (SSSR count). The highest BCUT2D eigenvalue weighted by atomic mass is 32.2. The molecule has 1 saturated heterocycles. The molecule has 24 heavy (non-hydrogen) atoms. The lowest BCUT2D eigenvalue weighted by Crippen LogP contribution is -2.40. The molecule has 1 aliphatic heterocycles. The first-order chi connectivity index (χ1) is 11.5. The highest BCUT2D eigenvalue weighted by molar-refractivity contribution is 7.92. The Labute approximate surface area is 143 Å². The average molecular weight is 354 g/mol. The molecule has 8 heteroatoms. The van der Waals surface area contributed by atoms with Crippen molar-refractivity contribution in [1.29, 1.82) is 0 Å². The number of piperidine rings is 1. The van der Waals surface area contributed by atoms with Gasteiger partial charge in [-0.25, -0.2) is 8.42 Å². The molecule has 7 nitrogen and oxygen atoms in total. The average Bonchev–Trinajstić information content (AvgIpc) is 3.24. The summed E-state index contributed by atoms with van der Waals surface area (Å²) in [5.41, 5.74) is 0. The summed E-state index contributed by atoms with van der Waals surface area (Å²) < 4.78 is 26.5. The molecule has 1 aliphatic carbocycles. The van der Waals surface area contributed by atoms with Gasteiger partial charge in [-0.1, -0.05) is 12.8 Å². The Kier molecular flexibility index (Phi) is 5.22. The van der Waals surface area contributed by atoms with Crippen molar-refractivity contribution in [3.05, 3.63) is 12.2 Å². The number of amides is 1. The van der Waals surface area contributed by atoms with Crippen LogP contribution in [0, 0.1) is 0 Å². The smallest absolute Gasteiger partial charge is 0.223 e. The van der Waals surface area contributed by atoms with E-state index in [-0.39, 0.29) is 29.2 Å². The van der Waals surface area contributed by atoms with Gasteiger partial charge in [-0.3, -0.25) is 4.79 Å². The van der Waals surface area contributed by atoms with E-state index in [1.807, 2.05) is 11.6 Å². The molecule has 2 aliphatic rings. The lowest BCUT2D eigenvalue weighted by molar-refractivity contribution is -0.132. The molecule has 2 fully saturated rings. The van der Waals surface area contributed by atoms with Crippen molar-refractivity contribution >= 4 is 15.7 Å². The van der Waals surface area contributed by atoms with Gasteiger partial charge in [-0.2, -0.15) is 0 Å². The van der Waals surface area contributed by atoms with Gasteiger partial charge in [-0.15, -0.1) is 10.2 Å². The SMILES string of the molecule is Cn1cnnc1C1CCCN(C(=O)CCS(=O)(=O)C2CCCC2)C1. The van der Waals surface area contributed by atoms with Crippen LogP contribution >= 0.6 is 0 Å². The summed E-state index contributed by atoms with van der Waals surface area (Å²) in [4.78, 5) is 14.3. The third-order valence-corrected chi connectivity index (χ3v) is 7.56. The Morgan fingerprint density at radius 3 is 2.67 bits per heavy atom. The van der Waals surface area contributed by atoms with Crippen LogP contribution in [0.5, 0.6) is 0 Å². The van der Waals surface area contributed by atoms with E-state index in [0.29, 0.717) is 13.1 Å². The maximum atomic E-state index is 12.5. The third-order valence-electron chi connectivity index (χ3n) is 5.30. The van der Waals surface area contributed by atoms with Crippen LogP contribution in [0.1, 0.15) is 56.7 Å². The molecule has 1 amide bonds. The third kappa shape index (κ3) is 3.79. The number of likely N-dealkylation sites (tertiary alicyclic amines) is 1. The molecule has 0 radical (unpaired) electrons. The number of sulfone groups is 1. The van der Waals surface area contributed by atoms with Crippen LogP contribution in [0.2, 0.25) is 0 Å². The standard InChI is InChI=1S/C16H26N4O3S/c1-19-12-17-18-16(19)13-5-4-9-20(11-13)15(21)8-10-24(22,23)14-6-2-3-7-14/h12-14H,2-11H2,1H3. The monoisotopic (exact) mass is 354 g/mol. The number of carbonyl (C=O) groups excluding carboxylic acids is 1. The first-order valence-electron chi connectivity index (χ1n) is 8.80. The molecule has 2 heterocycles. The number of hydrogen-bond donors (Lipinski definition) is 0. The van der Waals surface area contributed by atoms with Crippen LogP contribution < -0.4 is 0 Å². The summed E-state index contributed by atoms with van der Waals surface area (Å²) in [5, 5.41) is 7.84. The second-order valence-electron chi connectivity index (χ2n) is 7.00. The van der Waals surface area contributed by atoms with Crippen LogP contribution in [0.3, 0.4) is 0 Å². The van der Waals surface area contributed by atoms with Crippen molar-refractivity contribution in [3.8, 4) is 0 Å². The topological polar surface area (TPSA) is 85.2 Å². The van der Waals surface area contributed by atoms with Gasteiger partial charge in [0.05, 0.1) is 11.0 Å². The Morgan fingerprint density at radius 1 is 1.25 bits per heavy atom. The van der Waals surface area contributed by atoms with Crippen molar-refractivity contribution in [2.45, 2.75) is 56.1 Å². The highest BCUT2D eigenvalue weighted by Crippen LogP contribution is 2.27. The second kappa shape index (κ2) is 7.21. The minimum absolute atomic E-state index is 0.0123. The fourth-order valence-electron chi connectivity index (χ4n) is 3.88. The van der Waals surface area contributed by atoms with E-state index in [1.54, 1.807) is 11.2 Å². The molecule has 0 aromatic carbocycles. The summed E-state index contributed by atoms with van der Waals surface area (Å²) in [5.74, 6) is 1.01. The maximum Gasteiger partial charge on any atom is 0.223 e. The summed E-state index contributed by atoms with van der Waals surface area (Å²) in [6.45, 7) is 1.31. The minimum atomic E-state index is -3.13. The fourth-order valence-corrected chi connectivity index (χ4v) is 5.72. The van der Waals surface area contributed by atoms with Gasteiger partial charge in [0.1, 0.15) is 12.2 Å². The maximum absolute atomic E-state index is 12.5.